The van der Waals surface area contributed by atoms with E-state index in [-0.39, 0.29) is 37.7 Å². The minimum Gasteiger partial charge on any atom is -0.466 e. The molecule has 0 unspecified atom stereocenters. The molecule has 1 atom stereocenters. The molecular weight excluding hydrogens is 310 g/mol. The van der Waals surface area contributed by atoms with E-state index in [9.17, 15) is 23.1 Å². The van der Waals surface area contributed by atoms with E-state index in [1.165, 1.54) is 6.92 Å². The van der Waals surface area contributed by atoms with E-state index in [4.69, 9.17) is 4.74 Å². The van der Waals surface area contributed by atoms with Crippen LogP contribution in [0.2, 0.25) is 0 Å². The normalized spacial score (nSPS) is 19.1. The lowest BCUT2D eigenvalue weighted by Crippen LogP contribution is -2.43. The van der Waals surface area contributed by atoms with Gasteiger partial charge in [0.2, 0.25) is 5.91 Å². The lowest BCUT2D eigenvalue weighted by Gasteiger charge is -2.23. The first-order valence-corrected chi connectivity index (χ1v) is 9.35. The Labute approximate surface area is 131 Å². The molecule has 1 amide bonds. The van der Waals surface area contributed by atoms with Crippen molar-refractivity contribution < 1.29 is 27.9 Å². The molecule has 0 aromatic rings. The van der Waals surface area contributed by atoms with Crippen molar-refractivity contribution in [2.45, 2.75) is 45.1 Å². The van der Waals surface area contributed by atoms with E-state index in [1.807, 2.05) is 0 Å². The van der Waals surface area contributed by atoms with Gasteiger partial charge in [-0.3, -0.25) is 9.59 Å². The van der Waals surface area contributed by atoms with Crippen molar-refractivity contribution in [1.29, 1.82) is 0 Å². The first-order chi connectivity index (χ1) is 9.97. The van der Waals surface area contributed by atoms with Crippen LogP contribution in [0.3, 0.4) is 0 Å². The predicted molar refractivity (Wildman–Crippen MR) is 80.9 cm³/mol. The molecule has 0 bridgehead atoms. The van der Waals surface area contributed by atoms with E-state index >= 15 is 0 Å². The molecule has 0 spiro atoms. The summed E-state index contributed by atoms with van der Waals surface area (Å²) in [6.07, 6.45) is 2.50. The zero-order valence-electron chi connectivity index (χ0n) is 13.3. The van der Waals surface area contributed by atoms with Crippen LogP contribution in [0.25, 0.3) is 0 Å². The van der Waals surface area contributed by atoms with Gasteiger partial charge in [0.05, 0.1) is 24.4 Å². The van der Waals surface area contributed by atoms with Crippen molar-refractivity contribution in [1.82, 2.24) is 5.32 Å². The fraction of sp³-hybridized carbons (Fsp3) is 0.857. The second-order valence-electron chi connectivity index (χ2n) is 6.50. The average molecular weight is 335 g/mol. The number of aliphatic hydroxyl groups is 1. The highest BCUT2D eigenvalue weighted by Gasteiger charge is 2.46. The molecule has 1 fully saturated rings. The third-order valence-corrected chi connectivity index (χ3v) is 4.69. The van der Waals surface area contributed by atoms with Crippen LogP contribution in [-0.2, 0) is 24.2 Å². The van der Waals surface area contributed by atoms with Crippen molar-refractivity contribution in [3.63, 3.8) is 0 Å². The maximum absolute atomic E-state index is 11.9. The summed E-state index contributed by atoms with van der Waals surface area (Å²) in [5, 5.41) is 12.6. The Bertz CT molecular complexity index is 521. The van der Waals surface area contributed by atoms with Gasteiger partial charge in [0, 0.05) is 19.2 Å². The van der Waals surface area contributed by atoms with E-state index in [0.717, 1.165) is 6.26 Å². The predicted octanol–water partition coefficient (Wildman–Crippen LogP) is 0.0217. The van der Waals surface area contributed by atoms with Crippen LogP contribution < -0.4 is 5.32 Å². The van der Waals surface area contributed by atoms with Gasteiger partial charge in [0.25, 0.3) is 0 Å². The minimum atomic E-state index is -3.12. The van der Waals surface area contributed by atoms with Gasteiger partial charge in [-0.25, -0.2) is 8.42 Å². The molecule has 128 valence electrons. The molecule has 0 aromatic heterocycles. The van der Waals surface area contributed by atoms with Crippen LogP contribution in [0.4, 0.5) is 0 Å². The third kappa shape index (κ3) is 7.22. The molecular formula is C14H25NO6S. The maximum Gasteiger partial charge on any atom is 0.308 e. The summed E-state index contributed by atoms with van der Waals surface area (Å²) in [5.74, 6) is -0.838. The topological polar surface area (TPSA) is 110 Å². The molecule has 1 aliphatic carbocycles. The van der Waals surface area contributed by atoms with Gasteiger partial charge in [0.1, 0.15) is 9.84 Å². The molecule has 1 saturated carbocycles. The molecule has 7 nitrogen and oxygen atoms in total. The smallest absolute Gasteiger partial charge is 0.308 e. The Balaban J connectivity index is 2.41. The van der Waals surface area contributed by atoms with Crippen LogP contribution in [-0.4, -0.2) is 56.2 Å². The molecule has 0 aliphatic heterocycles. The number of carbonyl (C=O) groups is 2. The Morgan fingerprint density at radius 3 is 2.41 bits per heavy atom. The van der Waals surface area contributed by atoms with E-state index in [1.54, 1.807) is 6.92 Å². The first kappa shape index (κ1) is 18.9. The highest BCUT2D eigenvalue weighted by Crippen LogP contribution is 2.49. The van der Waals surface area contributed by atoms with Crippen LogP contribution in [0.5, 0.6) is 0 Å². The molecule has 22 heavy (non-hydrogen) atoms. The molecule has 1 rings (SSSR count). The monoisotopic (exact) mass is 335 g/mol. The summed E-state index contributed by atoms with van der Waals surface area (Å²) in [7, 11) is -3.12. The summed E-state index contributed by atoms with van der Waals surface area (Å²) in [5.41, 5.74) is -1.85. The number of amides is 1. The fourth-order valence-electron chi connectivity index (χ4n) is 2.38. The highest BCUT2D eigenvalue weighted by molar-refractivity contribution is 7.90. The number of esters is 1. The standard InChI is InChI=1S/C14H25NO6S/c1-4-21-12(17)8-13(2,18)9-15-11(16)7-14(5-6-14)10-22(3,19)20/h18H,4-10H2,1-3H3,(H,15,16)/t13-/m0/s1. The lowest BCUT2D eigenvalue weighted by molar-refractivity contribution is -0.148. The number of nitrogens with one attached hydrogen (secondary N) is 1. The van der Waals surface area contributed by atoms with Crippen LogP contribution in [0.15, 0.2) is 0 Å². The average Bonchev–Trinajstić information content (AvgIpc) is 3.03. The number of hydrogen-bond acceptors (Lipinski definition) is 6. The van der Waals surface area contributed by atoms with Crippen LogP contribution in [0, 0.1) is 5.41 Å². The maximum atomic E-state index is 11.9. The molecule has 2 N–H and O–H groups in total. The summed E-state index contributed by atoms with van der Waals surface area (Å²) < 4.78 is 27.4. The largest absolute Gasteiger partial charge is 0.466 e. The molecule has 0 aromatic carbocycles. The Kier molecular flexibility index (Phi) is 5.97. The van der Waals surface area contributed by atoms with Crippen LogP contribution in [0.1, 0.15) is 39.5 Å². The number of ether oxygens (including phenoxy) is 1. The quantitative estimate of drug-likeness (QED) is 0.575. The SMILES string of the molecule is CCOC(=O)C[C@](C)(O)CNC(=O)CC1(CS(C)(=O)=O)CC1. The number of hydrogen-bond donors (Lipinski definition) is 2. The van der Waals surface area contributed by atoms with Crippen molar-refractivity contribution in [2.24, 2.45) is 5.41 Å². The second kappa shape index (κ2) is 6.95. The second-order valence-corrected chi connectivity index (χ2v) is 8.64. The van der Waals surface area contributed by atoms with Gasteiger partial charge < -0.3 is 15.2 Å². The van der Waals surface area contributed by atoms with Crippen molar-refractivity contribution in [3.8, 4) is 0 Å². The number of sulfone groups is 1. The zero-order valence-corrected chi connectivity index (χ0v) is 14.2. The molecule has 0 saturated heterocycles. The summed E-state index contributed by atoms with van der Waals surface area (Å²) in [6.45, 7) is 3.26. The zero-order chi connectivity index (χ0) is 17.0. The number of carbonyl (C=O) groups excluding carboxylic acids is 2. The summed E-state index contributed by atoms with van der Waals surface area (Å²) in [6, 6.07) is 0. The van der Waals surface area contributed by atoms with E-state index < -0.39 is 26.8 Å². The van der Waals surface area contributed by atoms with Crippen molar-refractivity contribution >= 4 is 21.7 Å². The van der Waals surface area contributed by atoms with Gasteiger partial charge in [-0.2, -0.15) is 0 Å². The third-order valence-electron chi connectivity index (χ3n) is 3.56. The van der Waals surface area contributed by atoms with E-state index in [2.05, 4.69) is 5.32 Å². The lowest BCUT2D eigenvalue weighted by atomic mass is 10.0. The molecule has 1 aliphatic rings. The van der Waals surface area contributed by atoms with Gasteiger partial charge in [0.15, 0.2) is 0 Å². The molecule has 0 radical (unpaired) electrons. The summed E-state index contributed by atoms with van der Waals surface area (Å²) >= 11 is 0. The van der Waals surface area contributed by atoms with Gasteiger partial charge >= 0.3 is 5.97 Å². The van der Waals surface area contributed by atoms with Gasteiger partial charge in [-0.15, -0.1) is 0 Å². The Morgan fingerprint density at radius 2 is 1.95 bits per heavy atom. The minimum absolute atomic E-state index is 0.00659. The van der Waals surface area contributed by atoms with Gasteiger partial charge in [-0.1, -0.05) is 0 Å². The highest BCUT2D eigenvalue weighted by atomic mass is 32.2. The van der Waals surface area contributed by atoms with Crippen molar-refractivity contribution in [2.75, 3.05) is 25.2 Å². The van der Waals surface area contributed by atoms with Crippen LogP contribution >= 0.6 is 0 Å². The summed E-state index contributed by atoms with van der Waals surface area (Å²) in [4.78, 5) is 23.2. The van der Waals surface area contributed by atoms with Gasteiger partial charge in [-0.05, 0) is 32.1 Å². The number of rotatable bonds is 9. The molecule has 0 heterocycles. The Hall–Kier alpha value is -1.15. The molecule has 8 heteroatoms. The fourth-order valence-corrected chi connectivity index (χ4v) is 3.89. The van der Waals surface area contributed by atoms with E-state index in [0.29, 0.717) is 12.8 Å². The van der Waals surface area contributed by atoms with Crippen molar-refractivity contribution in [3.05, 3.63) is 0 Å². The first-order valence-electron chi connectivity index (χ1n) is 7.29. The Morgan fingerprint density at radius 1 is 1.36 bits per heavy atom.